The van der Waals surface area contributed by atoms with Crippen molar-refractivity contribution in [3.63, 3.8) is 0 Å². The van der Waals surface area contributed by atoms with Gasteiger partial charge in [-0.05, 0) is 40.2 Å². The number of ether oxygens (including phenoxy) is 2. The molecule has 3 aromatic carbocycles. The smallest absolute Gasteiger partial charge is 0.272 e. The van der Waals surface area contributed by atoms with E-state index in [1.54, 1.807) is 18.2 Å². The van der Waals surface area contributed by atoms with Gasteiger partial charge in [0.05, 0.1) is 30.1 Å². The Kier molecular flexibility index (Phi) is 7.21. The molecule has 0 fully saturated rings. The van der Waals surface area contributed by atoms with Crippen LogP contribution in [0.15, 0.2) is 82.4 Å². The van der Waals surface area contributed by atoms with Gasteiger partial charge in [-0.1, -0.05) is 54.5 Å². The second kappa shape index (κ2) is 10.6. The van der Waals surface area contributed by atoms with Gasteiger partial charge in [-0.2, -0.15) is 5.10 Å². The van der Waals surface area contributed by atoms with Crippen molar-refractivity contribution in [2.75, 3.05) is 13.7 Å². The Morgan fingerprint density at radius 2 is 1.88 bits per heavy atom. The van der Waals surface area contributed by atoms with Crippen molar-refractivity contribution in [3.8, 4) is 35.1 Å². The van der Waals surface area contributed by atoms with E-state index in [1.165, 1.54) is 13.3 Å². The van der Waals surface area contributed by atoms with Crippen molar-refractivity contribution in [1.29, 1.82) is 0 Å². The van der Waals surface area contributed by atoms with Crippen molar-refractivity contribution in [2.45, 2.75) is 0 Å². The van der Waals surface area contributed by atoms with Crippen molar-refractivity contribution in [3.05, 3.63) is 88.4 Å². The molecule has 7 heteroatoms. The molecule has 34 heavy (non-hydrogen) atoms. The summed E-state index contributed by atoms with van der Waals surface area (Å²) in [7, 11) is 1.54. The lowest BCUT2D eigenvalue weighted by Crippen LogP contribution is -2.18. The van der Waals surface area contributed by atoms with Crippen LogP contribution in [0.4, 0.5) is 0 Å². The molecule has 0 spiro atoms. The van der Waals surface area contributed by atoms with Gasteiger partial charge in [0, 0.05) is 21.0 Å². The monoisotopic (exact) mass is 513 g/mol. The van der Waals surface area contributed by atoms with Gasteiger partial charge in [-0.25, -0.2) is 10.4 Å². The first-order valence-electron chi connectivity index (χ1n) is 10.3. The molecule has 1 aromatic heterocycles. The number of pyridine rings is 1. The molecule has 168 valence electrons. The largest absolute Gasteiger partial charge is 0.493 e. The molecule has 0 aliphatic rings. The molecule has 0 aliphatic carbocycles. The van der Waals surface area contributed by atoms with Crippen LogP contribution in [0.3, 0.4) is 0 Å². The molecule has 0 unspecified atom stereocenters. The summed E-state index contributed by atoms with van der Waals surface area (Å²) in [5, 5.41) is 4.89. The summed E-state index contributed by atoms with van der Waals surface area (Å²) in [4.78, 5) is 17.8. The second-order valence-corrected chi connectivity index (χ2v) is 8.01. The Hall–Kier alpha value is -4.15. The van der Waals surface area contributed by atoms with Crippen LogP contribution in [0.2, 0.25) is 0 Å². The normalized spacial score (nSPS) is 10.7. The van der Waals surface area contributed by atoms with E-state index in [0.717, 1.165) is 16.5 Å². The number of rotatable bonds is 7. The van der Waals surface area contributed by atoms with Crippen LogP contribution in [-0.4, -0.2) is 30.8 Å². The van der Waals surface area contributed by atoms with Crippen LogP contribution in [0.25, 0.3) is 22.2 Å². The fourth-order valence-electron chi connectivity index (χ4n) is 3.38. The zero-order valence-electron chi connectivity index (χ0n) is 18.3. The average Bonchev–Trinajstić information content (AvgIpc) is 2.88. The van der Waals surface area contributed by atoms with E-state index in [2.05, 4.69) is 32.4 Å². The van der Waals surface area contributed by atoms with Crippen LogP contribution >= 0.6 is 15.9 Å². The number of hydrogen-bond acceptors (Lipinski definition) is 5. The molecule has 1 N–H and O–H groups in total. The van der Waals surface area contributed by atoms with E-state index in [9.17, 15) is 4.79 Å². The fourth-order valence-corrected chi connectivity index (χ4v) is 3.81. The number of methoxy groups -OCH3 is 1. The maximum atomic E-state index is 13.1. The summed E-state index contributed by atoms with van der Waals surface area (Å²) in [5.74, 6) is 3.08. The number of nitrogens with one attached hydrogen (secondary N) is 1. The van der Waals surface area contributed by atoms with Gasteiger partial charge in [-0.15, -0.1) is 6.42 Å². The van der Waals surface area contributed by atoms with Crippen molar-refractivity contribution in [2.24, 2.45) is 5.10 Å². The van der Waals surface area contributed by atoms with Gasteiger partial charge in [0.15, 0.2) is 11.5 Å². The predicted octanol–water partition coefficient (Wildman–Crippen LogP) is 5.45. The molecule has 0 aliphatic heterocycles. The molecule has 4 aromatic rings. The topological polar surface area (TPSA) is 72.8 Å². The molecule has 0 bridgehead atoms. The first-order valence-corrected chi connectivity index (χ1v) is 11.1. The Labute approximate surface area is 205 Å². The molecule has 6 nitrogen and oxygen atoms in total. The Bertz CT molecular complexity index is 1410. The van der Waals surface area contributed by atoms with Gasteiger partial charge < -0.3 is 9.47 Å². The zero-order chi connectivity index (χ0) is 23.9. The summed E-state index contributed by atoms with van der Waals surface area (Å²) >= 11 is 3.48. The van der Waals surface area contributed by atoms with Crippen molar-refractivity contribution >= 4 is 39.0 Å². The Morgan fingerprint density at radius 3 is 2.65 bits per heavy atom. The Morgan fingerprint density at radius 1 is 1.12 bits per heavy atom. The van der Waals surface area contributed by atoms with Crippen molar-refractivity contribution < 1.29 is 14.3 Å². The highest BCUT2D eigenvalue weighted by Crippen LogP contribution is 2.33. The number of halogens is 1. The SMILES string of the molecule is C#CCOc1cc(Br)c(/C=N/NC(=O)c2cc(-c3ccccc3)nc3ccccc23)cc1OC. The number of carbonyl (C=O) groups is 1. The standard InChI is InChI=1S/C27H20BrN3O3/c1-3-13-34-26-16-22(28)19(14-25(26)33-2)17-29-31-27(32)21-15-24(18-9-5-4-6-10-18)30-23-12-8-7-11-20(21)23/h1,4-12,14-17H,13H2,2H3,(H,31,32)/b29-17+. The summed E-state index contributed by atoms with van der Waals surface area (Å²) in [6.07, 6.45) is 6.79. The van der Waals surface area contributed by atoms with Crippen LogP contribution in [0, 0.1) is 12.3 Å². The zero-order valence-corrected chi connectivity index (χ0v) is 19.9. The van der Waals surface area contributed by atoms with Crippen molar-refractivity contribution in [1.82, 2.24) is 10.4 Å². The molecular weight excluding hydrogens is 494 g/mol. The molecule has 0 saturated heterocycles. The lowest BCUT2D eigenvalue weighted by atomic mass is 10.0. The van der Waals surface area contributed by atoms with Gasteiger partial charge in [-0.3, -0.25) is 4.79 Å². The van der Waals surface area contributed by atoms with Crippen LogP contribution in [0.1, 0.15) is 15.9 Å². The third-order valence-electron chi connectivity index (χ3n) is 4.99. The molecular formula is C27H20BrN3O3. The van der Waals surface area contributed by atoms with E-state index in [1.807, 2.05) is 54.6 Å². The van der Waals surface area contributed by atoms with Gasteiger partial charge in [0.1, 0.15) is 6.61 Å². The second-order valence-electron chi connectivity index (χ2n) is 7.15. The van der Waals surface area contributed by atoms with E-state index in [0.29, 0.717) is 32.8 Å². The number of hydrazone groups is 1. The maximum Gasteiger partial charge on any atom is 0.272 e. The highest BCUT2D eigenvalue weighted by Gasteiger charge is 2.14. The molecule has 0 saturated carbocycles. The lowest BCUT2D eigenvalue weighted by Gasteiger charge is -2.11. The number of aromatic nitrogens is 1. The number of terminal acetylenes is 1. The first kappa shape index (κ1) is 23.0. The van der Waals surface area contributed by atoms with Crippen LogP contribution in [-0.2, 0) is 0 Å². The number of nitrogens with zero attached hydrogens (tertiary/aromatic N) is 2. The number of amides is 1. The van der Waals surface area contributed by atoms with E-state index in [4.69, 9.17) is 20.9 Å². The summed E-state index contributed by atoms with van der Waals surface area (Å²) < 4.78 is 11.6. The maximum absolute atomic E-state index is 13.1. The molecule has 1 amide bonds. The quantitative estimate of drug-likeness (QED) is 0.202. The third-order valence-corrected chi connectivity index (χ3v) is 5.68. The first-order chi connectivity index (χ1) is 16.6. The summed E-state index contributed by atoms with van der Waals surface area (Å²) in [5.41, 5.74) is 6.15. The van der Waals surface area contributed by atoms with Gasteiger partial charge >= 0.3 is 0 Å². The number of para-hydroxylation sites is 1. The minimum absolute atomic E-state index is 0.122. The summed E-state index contributed by atoms with van der Waals surface area (Å²) in [6, 6.07) is 22.5. The van der Waals surface area contributed by atoms with E-state index >= 15 is 0 Å². The number of carbonyl (C=O) groups excluding carboxylic acids is 1. The highest BCUT2D eigenvalue weighted by atomic mass is 79.9. The minimum atomic E-state index is -0.343. The van der Waals surface area contributed by atoms with E-state index < -0.39 is 0 Å². The van der Waals surface area contributed by atoms with Crippen LogP contribution < -0.4 is 14.9 Å². The molecule has 0 radical (unpaired) electrons. The van der Waals surface area contributed by atoms with Crippen LogP contribution in [0.5, 0.6) is 11.5 Å². The van der Waals surface area contributed by atoms with Gasteiger partial charge in [0.2, 0.25) is 0 Å². The lowest BCUT2D eigenvalue weighted by molar-refractivity contribution is 0.0956. The average molecular weight is 514 g/mol. The molecule has 4 rings (SSSR count). The fraction of sp³-hybridized carbons (Fsp3) is 0.0741. The summed E-state index contributed by atoms with van der Waals surface area (Å²) in [6.45, 7) is 0.122. The third kappa shape index (κ3) is 5.08. The highest BCUT2D eigenvalue weighted by molar-refractivity contribution is 9.10. The molecule has 1 heterocycles. The predicted molar refractivity (Wildman–Crippen MR) is 137 cm³/mol. The van der Waals surface area contributed by atoms with E-state index in [-0.39, 0.29) is 12.5 Å². The number of benzene rings is 3. The molecule has 0 atom stereocenters. The Balaban J connectivity index is 1.61. The number of fused-ring (bicyclic) bond motifs is 1. The van der Waals surface area contributed by atoms with Gasteiger partial charge in [0.25, 0.3) is 5.91 Å². The number of hydrogen-bond donors (Lipinski definition) is 1. The minimum Gasteiger partial charge on any atom is -0.493 e.